The number of aliphatic hydroxyl groups is 1. The van der Waals surface area contributed by atoms with Crippen molar-refractivity contribution in [2.75, 3.05) is 17.7 Å². The summed E-state index contributed by atoms with van der Waals surface area (Å²) in [6, 6.07) is 0.646. The van der Waals surface area contributed by atoms with Crippen LogP contribution >= 0.6 is 0 Å². The van der Waals surface area contributed by atoms with Crippen LogP contribution in [0.3, 0.4) is 0 Å². The van der Waals surface area contributed by atoms with Crippen molar-refractivity contribution in [3.05, 3.63) is 18.5 Å². The summed E-state index contributed by atoms with van der Waals surface area (Å²) < 4.78 is 2.01. The van der Waals surface area contributed by atoms with Crippen molar-refractivity contribution in [2.24, 2.45) is 5.92 Å². The zero-order chi connectivity index (χ0) is 19.6. The lowest BCUT2D eigenvalue weighted by molar-refractivity contribution is -0.159. The van der Waals surface area contributed by atoms with E-state index >= 15 is 0 Å². The Bertz CT molecular complexity index is 879. The third-order valence-electron chi connectivity index (χ3n) is 4.28. The number of fused-ring (bicyclic) bond motifs is 1. The van der Waals surface area contributed by atoms with Gasteiger partial charge in [-0.2, -0.15) is 9.97 Å². The van der Waals surface area contributed by atoms with Crippen molar-refractivity contribution in [1.29, 1.82) is 0 Å². The van der Waals surface area contributed by atoms with Crippen LogP contribution in [0.25, 0.3) is 11.2 Å². The Kier molecular flexibility index (Phi) is 5.21. The summed E-state index contributed by atoms with van der Waals surface area (Å²) in [6.07, 6.45) is 9.10. The van der Waals surface area contributed by atoms with Crippen LogP contribution < -0.4 is 11.1 Å². The fourth-order valence-electron chi connectivity index (χ4n) is 2.79. The van der Waals surface area contributed by atoms with E-state index in [1.165, 1.54) is 0 Å². The Morgan fingerprint density at radius 1 is 1.22 bits per heavy atom. The molecular formula is C16H20N6O5. The summed E-state index contributed by atoms with van der Waals surface area (Å²) in [5.74, 6) is -2.46. The molecule has 1 fully saturated rings. The lowest BCUT2D eigenvalue weighted by Gasteiger charge is -2.13. The van der Waals surface area contributed by atoms with Gasteiger partial charge in [-0.05, 0) is 19.3 Å². The van der Waals surface area contributed by atoms with Crippen LogP contribution in [0.2, 0.25) is 0 Å². The molecular weight excluding hydrogens is 356 g/mol. The maximum atomic E-state index is 9.26. The lowest BCUT2D eigenvalue weighted by Crippen LogP contribution is -2.10. The minimum Gasteiger partial charge on any atom is -0.473 e. The van der Waals surface area contributed by atoms with Gasteiger partial charge in [0.1, 0.15) is 0 Å². The predicted molar refractivity (Wildman–Crippen MR) is 95.0 cm³/mol. The highest BCUT2D eigenvalue weighted by Gasteiger charge is 2.26. The largest absolute Gasteiger partial charge is 0.473 e. The van der Waals surface area contributed by atoms with E-state index in [1.54, 1.807) is 6.33 Å². The van der Waals surface area contributed by atoms with Crippen LogP contribution in [-0.2, 0) is 9.59 Å². The second-order valence-corrected chi connectivity index (χ2v) is 6.41. The van der Waals surface area contributed by atoms with Gasteiger partial charge in [0.15, 0.2) is 17.0 Å². The molecule has 0 saturated heterocycles. The number of carboxylic acids is 2. The highest BCUT2D eigenvalue weighted by Crippen LogP contribution is 2.32. The lowest BCUT2D eigenvalue weighted by atomic mass is 10.1. The first-order valence-electron chi connectivity index (χ1n) is 8.41. The Hall–Kier alpha value is -3.21. The Morgan fingerprint density at radius 2 is 1.93 bits per heavy atom. The predicted octanol–water partition coefficient (Wildman–Crippen LogP) is 0.248. The van der Waals surface area contributed by atoms with Crippen LogP contribution in [0.1, 0.15) is 25.3 Å². The Morgan fingerprint density at radius 3 is 2.48 bits per heavy atom. The zero-order valence-electron chi connectivity index (χ0n) is 14.3. The quantitative estimate of drug-likeness (QED) is 0.367. The summed E-state index contributed by atoms with van der Waals surface area (Å²) in [6.45, 7) is 0.172. The second kappa shape index (κ2) is 7.58. The molecule has 2 heterocycles. The first-order chi connectivity index (χ1) is 12.9. The van der Waals surface area contributed by atoms with Crippen molar-refractivity contribution < 1.29 is 24.9 Å². The second-order valence-electron chi connectivity index (χ2n) is 6.41. The number of aromatic nitrogens is 4. The molecule has 6 N–H and O–H groups in total. The molecule has 0 amide bonds. The summed E-state index contributed by atoms with van der Waals surface area (Å²) in [5.41, 5.74) is 7.35. The highest BCUT2D eigenvalue weighted by molar-refractivity contribution is 6.27. The van der Waals surface area contributed by atoms with Gasteiger partial charge >= 0.3 is 11.9 Å². The number of carbonyl (C=O) groups is 2. The number of allylic oxidation sites excluding steroid dienone is 1. The molecule has 0 bridgehead atoms. The van der Waals surface area contributed by atoms with Crippen molar-refractivity contribution in [2.45, 2.75) is 31.3 Å². The van der Waals surface area contributed by atoms with E-state index in [2.05, 4.69) is 26.3 Å². The summed E-state index contributed by atoms with van der Waals surface area (Å²) in [7, 11) is 0. The maximum absolute atomic E-state index is 9.26. The summed E-state index contributed by atoms with van der Waals surface area (Å²) >= 11 is 0. The van der Waals surface area contributed by atoms with E-state index in [-0.39, 0.29) is 24.5 Å². The monoisotopic (exact) mass is 376 g/mol. The first-order valence-corrected chi connectivity index (χ1v) is 8.41. The zero-order valence-corrected chi connectivity index (χ0v) is 14.3. The number of aliphatic carboxylic acids is 2. The Balaban J connectivity index is 0.000000307. The molecule has 27 heavy (non-hydrogen) atoms. The number of nitrogens with zero attached hydrogens (tertiary/aromatic N) is 4. The molecule has 2 atom stereocenters. The topological polar surface area (TPSA) is 176 Å². The summed E-state index contributed by atoms with van der Waals surface area (Å²) in [5, 5.41) is 27.4. The normalized spacial score (nSPS) is 20.9. The number of aliphatic hydroxyl groups excluding tert-OH is 1. The minimum absolute atomic E-state index is 0.162. The van der Waals surface area contributed by atoms with Crippen molar-refractivity contribution in [3.63, 3.8) is 0 Å². The number of hydrogen-bond acceptors (Lipinski definition) is 8. The van der Waals surface area contributed by atoms with Gasteiger partial charge in [0, 0.05) is 18.6 Å². The van der Waals surface area contributed by atoms with Gasteiger partial charge < -0.3 is 30.9 Å². The van der Waals surface area contributed by atoms with Crippen LogP contribution in [-0.4, -0.2) is 59.4 Å². The molecule has 0 radical (unpaired) electrons. The molecule has 11 heteroatoms. The van der Waals surface area contributed by atoms with Crippen molar-refractivity contribution in [3.8, 4) is 0 Å². The van der Waals surface area contributed by atoms with Gasteiger partial charge in [-0.3, -0.25) is 0 Å². The fourth-order valence-corrected chi connectivity index (χ4v) is 2.79. The van der Waals surface area contributed by atoms with Gasteiger partial charge in [-0.1, -0.05) is 12.2 Å². The van der Waals surface area contributed by atoms with Crippen LogP contribution in [0.4, 0.5) is 11.8 Å². The van der Waals surface area contributed by atoms with Gasteiger partial charge in [0.05, 0.1) is 12.4 Å². The van der Waals surface area contributed by atoms with Gasteiger partial charge in [-0.15, -0.1) is 0 Å². The molecule has 0 unspecified atom stereocenters. The number of nitrogens with two attached hydrogens (primary N) is 1. The fraction of sp³-hybridized carbons (Fsp3) is 0.438. The standard InChI is InChI=1S/C14H18N6O.C2H2O4/c15-14-18-12(17-9-2-3-9)11-13(19-14)20(7-16-11)10-4-1-8(5-10)6-21;3-1(4)2(5)6/h1,4,7-10,21H,2-3,5-6H2,(H3,15,17,18,19);(H,3,4)(H,5,6)/t8-,10+;/m1./s1. The Labute approximate surface area is 153 Å². The molecule has 144 valence electrons. The van der Waals surface area contributed by atoms with Crippen LogP contribution in [0.5, 0.6) is 0 Å². The number of rotatable bonds is 4. The van der Waals surface area contributed by atoms with E-state index in [1.807, 2.05) is 10.6 Å². The van der Waals surface area contributed by atoms with Gasteiger partial charge in [0.2, 0.25) is 5.95 Å². The number of hydrogen-bond donors (Lipinski definition) is 5. The molecule has 2 aliphatic rings. The average Bonchev–Trinajstić information content (AvgIpc) is 3.15. The highest BCUT2D eigenvalue weighted by atomic mass is 16.4. The van der Waals surface area contributed by atoms with Crippen molar-refractivity contribution >= 4 is 34.9 Å². The molecule has 0 aliphatic heterocycles. The number of carboxylic acid groups (broad SMARTS) is 2. The van der Waals surface area contributed by atoms with E-state index < -0.39 is 11.9 Å². The molecule has 1 saturated carbocycles. The van der Waals surface area contributed by atoms with E-state index in [4.69, 9.17) is 25.5 Å². The third-order valence-corrected chi connectivity index (χ3v) is 4.28. The molecule has 4 rings (SSSR count). The maximum Gasteiger partial charge on any atom is 0.414 e. The minimum atomic E-state index is -1.82. The number of nitrogens with one attached hydrogen (secondary N) is 1. The number of nitrogen functional groups attached to an aromatic ring is 1. The van der Waals surface area contributed by atoms with Gasteiger partial charge in [0.25, 0.3) is 0 Å². The van der Waals surface area contributed by atoms with E-state index in [0.717, 1.165) is 36.2 Å². The molecule has 11 nitrogen and oxygen atoms in total. The molecule has 0 spiro atoms. The number of anilines is 2. The van der Waals surface area contributed by atoms with Gasteiger partial charge in [-0.25, -0.2) is 14.6 Å². The smallest absolute Gasteiger partial charge is 0.414 e. The van der Waals surface area contributed by atoms with Crippen LogP contribution in [0, 0.1) is 5.92 Å². The first kappa shape index (κ1) is 18.6. The van der Waals surface area contributed by atoms with E-state index in [0.29, 0.717) is 6.04 Å². The SMILES string of the molecule is Nc1nc(NC2CC2)c2ncn([C@H]3C=C[C@@H](CO)C3)c2n1.O=C(O)C(=O)O. The number of imidazole rings is 1. The molecule has 2 aromatic rings. The average molecular weight is 376 g/mol. The third kappa shape index (κ3) is 4.31. The summed E-state index contributed by atoms with van der Waals surface area (Å²) in [4.78, 5) is 31.3. The molecule has 2 aromatic heterocycles. The van der Waals surface area contributed by atoms with E-state index in [9.17, 15) is 5.11 Å². The molecule has 0 aromatic carbocycles. The van der Waals surface area contributed by atoms with Crippen molar-refractivity contribution in [1.82, 2.24) is 19.5 Å². The van der Waals surface area contributed by atoms with Crippen LogP contribution in [0.15, 0.2) is 18.5 Å². The molecule has 2 aliphatic carbocycles.